The van der Waals surface area contributed by atoms with E-state index in [-0.39, 0.29) is 32.7 Å². The molecule has 0 radical (unpaired) electrons. The summed E-state index contributed by atoms with van der Waals surface area (Å²) in [5.74, 6) is 0. The molecule has 0 heterocycles. The van der Waals surface area contributed by atoms with E-state index in [2.05, 4.69) is 6.92 Å². The molecule has 0 rings (SSSR count). The van der Waals surface area contributed by atoms with Crippen LogP contribution in [0, 0.1) is 6.92 Å². The van der Waals surface area contributed by atoms with Gasteiger partial charge in [0.15, 0.2) is 0 Å². The maximum absolute atomic E-state index is 9.11. The van der Waals surface area contributed by atoms with Crippen molar-refractivity contribution in [2.24, 2.45) is 0 Å². The molecule has 0 bridgehead atoms. The number of carbonyl (C=O) groups excluding carboxylic acids is 1. The molecule has 0 aliphatic carbocycles. The van der Waals surface area contributed by atoms with E-state index in [1.165, 1.54) is 0 Å². The number of aldehydes is 1. The smallest absolute Gasteiger partial charge is 0.337 e. The second-order valence-corrected chi connectivity index (χ2v) is 0.455. The van der Waals surface area contributed by atoms with Crippen molar-refractivity contribution in [2.45, 2.75) is 6.42 Å². The Balaban J connectivity index is 0. The average molecular weight is 146 g/mol. The molecule has 2 heteroatoms. The topological polar surface area (TPSA) is 17.1 Å². The van der Waals surface area contributed by atoms with Crippen LogP contribution in [0.2, 0.25) is 0 Å². The van der Waals surface area contributed by atoms with Crippen LogP contribution < -0.4 is 0 Å². The summed E-state index contributed by atoms with van der Waals surface area (Å²) >= 11 is 0. The third-order valence-electron chi connectivity index (χ3n) is 0.118. The van der Waals surface area contributed by atoms with Crippen LogP contribution in [-0.2, 0) is 37.5 Å². The van der Waals surface area contributed by atoms with Crippen LogP contribution in [0.3, 0.4) is 0 Å². The summed E-state index contributed by atoms with van der Waals surface area (Å²) in [7, 11) is 0. The normalized spacial score (nSPS) is 5.00. The minimum Gasteiger partial charge on any atom is -0.337 e. The molecular weight excluding hydrogens is 141 g/mol. The number of carbonyl (C=O) groups is 1. The van der Waals surface area contributed by atoms with Crippen molar-refractivity contribution in [1.29, 1.82) is 0 Å². The summed E-state index contributed by atoms with van der Waals surface area (Å²) in [5, 5.41) is 0. The van der Waals surface area contributed by atoms with Crippen LogP contribution in [0.1, 0.15) is 6.42 Å². The third kappa shape index (κ3) is 11.7. The van der Waals surface area contributed by atoms with Crippen molar-refractivity contribution >= 4 is 6.29 Å². The molecule has 0 N–H and O–H groups in total. The van der Waals surface area contributed by atoms with Crippen LogP contribution in [0.25, 0.3) is 0 Å². The average Bonchev–Trinajstić information content (AvgIpc) is 1.37. The first-order chi connectivity index (χ1) is 1.91. The molecule has 0 aliphatic heterocycles. The Bertz CT molecular complexity index is 20.9. The quantitative estimate of drug-likeness (QED) is 0.386. The summed E-state index contributed by atoms with van der Waals surface area (Å²) in [6, 6.07) is 0. The van der Waals surface area contributed by atoms with Crippen molar-refractivity contribution in [3.05, 3.63) is 6.92 Å². The molecule has 5 heavy (non-hydrogen) atoms. The van der Waals surface area contributed by atoms with Crippen molar-refractivity contribution in [3.63, 3.8) is 0 Å². The van der Waals surface area contributed by atoms with Gasteiger partial charge >= 0.3 is 32.7 Å². The number of rotatable bonds is 1. The summed E-state index contributed by atoms with van der Waals surface area (Å²) in [6.07, 6.45) is 1.15. The fourth-order valence-electron chi connectivity index (χ4n) is 0. The van der Waals surface area contributed by atoms with E-state index < -0.39 is 0 Å². The Kier molecular flexibility index (Phi) is 16.3. The second kappa shape index (κ2) is 8.84. The van der Waals surface area contributed by atoms with E-state index in [1.54, 1.807) is 0 Å². The first kappa shape index (κ1) is 9.24. The third-order valence-corrected chi connectivity index (χ3v) is 0.118. The van der Waals surface area contributed by atoms with Gasteiger partial charge in [0.25, 0.3) is 0 Å². The molecule has 0 aromatic heterocycles. The van der Waals surface area contributed by atoms with E-state index in [0.29, 0.717) is 6.42 Å². The molecule has 0 aromatic rings. The zero-order valence-electron chi connectivity index (χ0n) is 2.98. The molecule has 0 spiro atoms. The second-order valence-electron chi connectivity index (χ2n) is 0.455. The van der Waals surface area contributed by atoms with Gasteiger partial charge in [0.2, 0.25) is 0 Å². The van der Waals surface area contributed by atoms with E-state index in [0.717, 1.165) is 6.29 Å². The molecule has 0 saturated heterocycles. The van der Waals surface area contributed by atoms with Crippen LogP contribution in [0.4, 0.5) is 0 Å². The van der Waals surface area contributed by atoms with E-state index in [1.807, 2.05) is 0 Å². The van der Waals surface area contributed by atoms with Gasteiger partial charge in [-0.1, -0.05) is 0 Å². The van der Waals surface area contributed by atoms with Gasteiger partial charge < -0.3 is 11.7 Å². The molecular formula is C3H5OY+2. The number of hydrogen-bond donors (Lipinski definition) is 0. The van der Waals surface area contributed by atoms with Gasteiger partial charge in [0, 0.05) is 0 Å². The summed E-state index contributed by atoms with van der Waals surface area (Å²) in [4.78, 5) is 9.11. The minimum atomic E-state index is 0. The molecule has 0 amide bonds. The Morgan fingerprint density at radius 1 is 1.80 bits per heavy atom. The molecule has 0 fully saturated rings. The molecule has 0 unspecified atom stereocenters. The Morgan fingerprint density at radius 3 is 2.00 bits per heavy atom. The van der Waals surface area contributed by atoms with Crippen molar-refractivity contribution < 1.29 is 37.5 Å². The van der Waals surface area contributed by atoms with Gasteiger partial charge in [0.1, 0.15) is 0 Å². The Labute approximate surface area is 57.0 Å². The van der Waals surface area contributed by atoms with Gasteiger partial charge in [-0.15, -0.1) is 6.42 Å². The molecule has 24 valence electrons. The maximum atomic E-state index is 9.11. The van der Waals surface area contributed by atoms with Crippen molar-refractivity contribution in [1.82, 2.24) is 0 Å². The predicted octanol–water partition coefficient (Wildman–Crippen LogP) is 0.407. The van der Waals surface area contributed by atoms with E-state index in [9.17, 15) is 0 Å². The fourth-order valence-corrected chi connectivity index (χ4v) is 0. The van der Waals surface area contributed by atoms with Gasteiger partial charge in [0.05, 0.1) is 6.29 Å². The number of hydrogen-bond acceptors (Lipinski definition) is 1. The van der Waals surface area contributed by atoms with Gasteiger partial charge in [-0.3, -0.25) is 0 Å². The zero-order chi connectivity index (χ0) is 3.41. The van der Waals surface area contributed by atoms with Gasteiger partial charge in [-0.2, -0.15) is 0 Å². The molecule has 0 saturated carbocycles. The first-order valence-electron chi connectivity index (χ1n) is 1.14. The zero-order valence-corrected chi connectivity index (χ0v) is 5.82. The summed E-state index contributed by atoms with van der Waals surface area (Å²) in [6.45, 7) is 3.24. The molecule has 0 aliphatic rings. The van der Waals surface area contributed by atoms with Gasteiger partial charge in [-0.05, 0) is 0 Å². The molecule has 0 aromatic carbocycles. The Hall–Kier alpha value is 0.774. The molecule has 1 nitrogen and oxygen atoms in total. The van der Waals surface area contributed by atoms with Crippen LogP contribution in [0.15, 0.2) is 0 Å². The van der Waals surface area contributed by atoms with Crippen molar-refractivity contribution in [3.8, 4) is 0 Å². The minimum absolute atomic E-state index is 0. The SMILES string of the molecule is [CH2-]CC=O.[Y+3]. The van der Waals surface area contributed by atoms with Crippen LogP contribution in [-0.4, -0.2) is 6.29 Å². The largest absolute Gasteiger partial charge is 3.00 e. The van der Waals surface area contributed by atoms with Crippen LogP contribution in [0.5, 0.6) is 0 Å². The Morgan fingerprint density at radius 2 is 2.00 bits per heavy atom. The van der Waals surface area contributed by atoms with Gasteiger partial charge in [-0.25, -0.2) is 0 Å². The van der Waals surface area contributed by atoms with E-state index in [4.69, 9.17) is 4.79 Å². The van der Waals surface area contributed by atoms with Crippen molar-refractivity contribution in [2.75, 3.05) is 0 Å². The molecule has 0 atom stereocenters. The first-order valence-corrected chi connectivity index (χ1v) is 1.14. The predicted molar refractivity (Wildman–Crippen MR) is 16.0 cm³/mol. The summed E-state index contributed by atoms with van der Waals surface area (Å²) in [5.41, 5.74) is 0. The van der Waals surface area contributed by atoms with E-state index >= 15 is 0 Å². The fraction of sp³-hybridized carbons (Fsp3) is 0.333. The monoisotopic (exact) mass is 146 g/mol. The maximum Gasteiger partial charge on any atom is 3.00 e. The standard InChI is InChI=1S/C3H5O.Y/c1-2-3-4;/h3H,1-2H2;/q-1;+3. The summed E-state index contributed by atoms with van der Waals surface area (Å²) < 4.78 is 0. The van der Waals surface area contributed by atoms with Crippen LogP contribution >= 0.6 is 0 Å².